The fraction of sp³-hybridized carbons (Fsp3) is 0.538. The van der Waals surface area contributed by atoms with Gasteiger partial charge in [-0.3, -0.25) is 0 Å². The zero-order chi connectivity index (χ0) is 13.4. The molecule has 5 heteroatoms. The number of nitrogens with zero attached hydrogens (tertiary/aromatic N) is 2. The average molecular weight is 248 g/mol. The lowest BCUT2D eigenvalue weighted by Gasteiger charge is -2.05. The molecular weight excluding hydrogens is 232 g/mol. The second kappa shape index (κ2) is 7.44. The molecule has 0 aromatic rings. The van der Waals surface area contributed by atoms with E-state index in [4.69, 9.17) is 5.53 Å². The van der Waals surface area contributed by atoms with Crippen LogP contribution in [0.1, 0.15) is 32.6 Å². The van der Waals surface area contributed by atoms with Gasteiger partial charge in [-0.15, -0.1) is 0 Å². The summed E-state index contributed by atoms with van der Waals surface area (Å²) in [5, 5.41) is 9.64. The third-order valence-corrected chi connectivity index (χ3v) is 2.51. The Morgan fingerprint density at radius 3 is 3.00 bits per heavy atom. The van der Waals surface area contributed by atoms with Gasteiger partial charge in [-0.1, -0.05) is 17.9 Å². The fourth-order valence-electron chi connectivity index (χ4n) is 1.59. The highest BCUT2D eigenvalue weighted by molar-refractivity contribution is 6.36. The first-order valence-electron chi connectivity index (χ1n) is 5.96. The molecular formula is C13H16N2O3. The van der Waals surface area contributed by atoms with E-state index < -0.39 is 17.8 Å². The topological polar surface area (TPSA) is 82.9 Å². The summed E-state index contributed by atoms with van der Waals surface area (Å²) in [4.78, 5) is 14.1. The first-order valence-corrected chi connectivity index (χ1v) is 5.96. The van der Waals surface area contributed by atoms with E-state index >= 15 is 0 Å². The lowest BCUT2D eigenvalue weighted by atomic mass is 10.00. The number of hydrogen-bond donors (Lipinski definition) is 1. The lowest BCUT2D eigenvalue weighted by Crippen LogP contribution is -2.30. The second-order valence-corrected chi connectivity index (χ2v) is 3.85. The molecule has 0 aromatic heterocycles. The second-order valence-electron chi connectivity index (χ2n) is 3.85. The van der Waals surface area contributed by atoms with Gasteiger partial charge in [0, 0.05) is 0 Å². The molecule has 0 amide bonds. The number of allylic oxidation sites excluding steroid dienone is 2. The summed E-state index contributed by atoms with van der Waals surface area (Å²) in [6.07, 6.45) is 4.68. The van der Waals surface area contributed by atoms with Crippen molar-refractivity contribution < 1.29 is 19.4 Å². The van der Waals surface area contributed by atoms with Crippen LogP contribution >= 0.6 is 0 Å². The summed E-state index contributed by atoms with van der Waals surface area (Å²) in [7, 11) is 0. The molecule has 0 heterocycles. The van der Waals surface area contributed by atoms with Gasteiger partial charge in [-0.25, -0.2) is 4.79 Å². The van der Waals surface area contributed by atoms with Crippen LogP contribution in [0.15, 0.2) is 11.6 Å². The van der Waals surface area contributed by atoms with Crippen molar-refractivity contribution >= 4 is 11.7 Å². The van der Waals surface area contributed by atoms with Crippen LogP contribution < -0.4 is 0 Å². The summed E-state index contributed by atoms with van der Waals surface area (Å²) in [5.41, 5.74) is 9.14. The number of esters is 1. The highest BCUT2D eigenvalue weighted by Gasteiger charge is 2.29. The van der Waals surface area contributed by atoms with E-state index in [2.05, 4.69) is 21.4 Å². The number of hydrogen-bond acceptors (Lipinski definition) is 3. The van der Waals surface area contributed by atoms with Crippen molar-refractivity contribution in [2.75, 3.05) is 6.61 Å². The highest BCUT2D eigenvalue weighted by Crippen LogP contribution is 2.16. The van der Waals surface area contributed by atoms with Gasteiger partial charge < -0.3 is 15.4 Å². The molecule has 0 spiro atoms. The van der Waals surface area contributed by atoms with E-state index in [-0.39, 0.29) is 6.61 Å². The first-order chi connectivity index (χ1) is 8.69. The number of carbonyl (C=O) groups is 1. The van der Waals surface area contributed by atoms with Gasteiger partial charge in [0.2, 0.25) is 6.10 Å². The van der Waals surface area contributed by atoms with Crippen molar-refractivity contribution in [1.29, 1.82) is 0 Å². The van der Waals surface area contributed by atoms with Gasteiger partial charge in [0.15, 0.2) is 0 Å². The monoisotopic (exact) mass is 248 g/mol. The van der Waals surface area contributed by atoms with E-state index in [1.54, 1.807) is 6.92 Å². The van der Waals surface area contributed by atoms with Gasteiger partial charge in [0.25, 0.3) is 0 Å². The Morgan fingerprint density at radius 2 is 2.44 bits per heavy atom. The molecule has 1 atom stereocenters. The van der Waals surface area contributed by atoms with Crippen LogP contribution in [-0.2, 0) is 9.53 Å². The Kier molecular flexibility index (Phi) is 5.86. The van der Waals surface area contributed by atoms with E-state index in [0.717, 1.165) is 31.3 Å². The predicted octanol–water partition coefficient (Wildman–Crippen LogP) is 1.08. The summed E-state index contributed by atoms with van der Waals surface area (Å²) in [6, 6.07) is 0. The molecule has 1 rings (SSSR count). The molecule has 0 radical (unpaired) electrons. The van der Waals surface area contributed by atoms with E-state index in [1.807, 2.05) is 6.08 Å². The predicted molar refractivity (Wildman–Crippen MR) is 65.6 cm³/mol. The maximum atomic E-state index is 11.3. The Bertz CT molecular complexity index is 451. The van der Waals surface area contributed by atoms with Crippen LogP contribution in [-0.4, -0.2) is 34.3 Å². The number of carbonyl (C=O) groups excluding carboxylic acids is 1. The SMILES string of the molecule is CCOC(=O)C(=[N+]=[N-])C(O)C#CC1=CCCCC1. The van der Waals surface area contributed by atoms with E-state index in [1.165, 1.54) is 0 Å². The maximum Gasteiger partial charge on any atom is 0.421 e. The van der Waals surface area contributed by atoms with Gasteiger partial charge in [0.05, 0.1) is 6.61 Å². The third-order valence-electron chi connectivity index (χ3n) is 2.51. The molecule has 0 fully saturated rings. The molecule has 0 saturated heterocycles. The zero-order valence-corrected chi connectivity index (χ0v) is 10.3. The third kappa shape index (κ3) is 4.17. The normalized spacial score (nSPS) is 15.6. The van der Waals surface area contributed by atoms with Crippen LogP contribution in [0.3, 0.4) is 0 Å². The molecule has 1 unspecified atom stereocenters. The molecule has 18 heavy (non-hydrogen) atoms. The van der Waals surface area contributed by atoms with Crippen LogP contribution in [0.5, 0.6) is 0 Å². The van der Waals surface area contributed by atoms with Crippen LogP contribution in [0.25, 0.3) is 5.53 Å². The largest absolute Gasteiger partial charge is 0.457 e. The Morgan fingerprint density at radius 1 is 1.67 bits per heavy atom. The van der Waals surface area contributed by atoms with E-state index in [0.29, 0.717) is 0 Å². The van der Waals surface area contributed by atoms with Gasteiger partial charge in [0.1, 0.15) is 0 Å². The van der Waals surface area contributed by atoms with Gasteiger partial charge >= 0.3 is 11.7 Å². The van der Waals surface area contributed by atoms with Crippen molar-refractivity contribution in [1.82, 2.24) is 0 Å². The number of rotatable bonds is 3. The standard InChI is InChI=1S/C13H16N2O3/c1-2-18-13(17)12(15-14)11(16)9-8-10-6-4-3-5-7-10/h6,11,16H,2-5,7H2,1H3. The average Bonchev–Trinajstić information content (AvgIpc) is 2.39. The van der Waals surface area contributed by atoms with Crippen molar-refractivity contribution in [3.05, 3.63) is 17.2 Å². The number of aliphatic hydroxyl groups is 1. The summed E-state index contributed by atoms with van der Waals surface area (Å²) in [6.45, 7) is 1.76. The quantitative estimate of drug-likeness (QED) is 0.267. The lowest BCUT2D eigenvalue weighted by molar-refractivity contribution is -0.140. The van der Waals surface area contributed by atoms with Crippen molar-refractivity contribution in [2.24, 2.45) is 0 Å². The smallest absolute Gasteiger partial charge is 0.421 e. The fourth-order valence-corrected chi connectivity index (χ4v) is 1.59. The van der Waals surface area contributed by atoms with Gasteiger partial charge in [-0.2, -0.15) is 4.79 Å². The molecule has 0 aliphatic heterocycles. The first kappa shape index (κ1) is 14.2. The Hall–Kier alpha value is -1.89. The molecule has 96 valence electrons. The Balaban J connectivity index is 2.71. The minimum atomic E-state index is -1.43. The maximum absolute atomic E-state index is 11.3. The molecule has 1 aliphatic carbocycles. The Labute approximate surface area is 106 Å². The van der Waals surface area contributed by atoms with Crippen molar-refractivity contribution in [3.8, 4) is 11.8 Å². The van der Waals surface area contributed by atoms with Crippen LogP contribution in [0.4, 0.5) is 0 Å². The molecule has 5 nitrogen and oxygen atoms in total. The molecule has 0 aromatic carbocycles. The van der Waals surface area contributed by atoms with Gasteiger partial charge in [-0.05, 0) is 38.2 Å². The minimum absolute atomic E-state index is 0.142. The van der Waals surface area contributed by atoms with Crippen molar-refractivity contribution in [2.45, 2.75) is 38.7 Å². The molecule has 0 bridgehead atoms. The number of ether oxygens (including phenoxy) is 1. The highest BCUT2D eigenvalue weighted by atomic mass is 16.5. The number of aliphatic hydroxyl groups excluding tert-OH is 1. The molecule has 1 N–H and O–H groups in total. The molecule has 0 saturated carbocycles. The minimum Gasteiger partial charge on any atom is -0.457 e. The zero-order valence-electron chi connectivity index (χ0n) is 10.3. The summed E-state index contributed by atoms with van der Waals surface area (Å²) in [5.74, 6) is 4.42. The summed E-state index contributed by atoms with van der Waals surface area (Å²) < 4.78 is 4.64. The van der Waals surface area contributed by atoms with Crippen LogP contribution in [0, 0.1) is 11.8 Å². The van der Waals surface area contributed by atoms with Crippen molar-refractivity contribution in [3.63, 3.8) is 0 Å². The van der Waals surface area contributed by atoms with E-state index in [9.17, 15) is 9.90 Å². The summed E-state index contributed by atoms with van der Waals surface area (Å²) >= 11 is 0. The van der Waals surface area contributed by atoms with Crippen LogP contribution in [0.2, 0.25) is 0 Å². The molecule has 1 aliphatic rings.